The zero-order valence-electron chi connectivity index (χ0n) is 12.0. The number of carbonyl (C=O) groups is 1. The van der Waals surface area contributed by atoms with Crippen LogP contribution in [0.2, 0.25) is 0 Å². The van der Waals surface area contributed by atoms with Crippen molar-refractivity contribution >= 4 is 5.91 Å². The van der Waals surface area contributed by atoms with E-state index in [1.54, 1.807) is 17.0 Å². The largest absolute Gasteiger partial charge is 0.341 e. The zero-order chi connectivity index (χ0) is 14.8. The van der Waals surface area contributed by atoms with E-state index < -0.39 is 0 Å². The molecule has 0 bridgehead atoms. The minimum Gasteiger partial charge on any atom is -0.341 e. The molecule has 1 fully saturated rings. The molecule has 1 aliphatic rings. The van der Waals surface area contributed by atoms with Crippen LogP contribution in [-0.2, 0) is 11.3 Å². The molecular formula is C18H18FNO. The summed E-state index contributed by atoms with van der Waals surface area (Å²) < 4.78 is 12.9. The molecule has 0 heterocycles. The third kappa shape index (κ3) is 3.13. The van der Waals surface area contributed by atoms with Crippen LogP contribution in [0.15, 0.2) is 54.6 Å². The molecule has 21 heavy (non-hydrogen) atoms. The van der Waals surface area contributed by atoms with Crippen molar-refractivity contribution in [3.05, 3.63) is 71.5 Å². The Morgan fingerprint density at radius 3 is 2.48 bits per heavy atom. The minimum absolute atomic E-state index is 0.0455. The van der Waals surface area contributed by atoms with Gasteiger partial charge in [0.15, 0.2) is 0 Å². The number of benzene rings is 2. The van der Waals surface area contributed by atoms with Crippen molar-refractivity contribution in [1.82, 2.24) is 4.90 Å². The zero-order valence-corrected chi connectivity index (χ0v) is 12.0. The Balaban J connectivity index is 1.61. The highest BCUT2D eigenvalue weighted by Gasteiger charge is 2.45. The van der Waals surface area contributed by atoms with E-state index in [2.05, 4.69) is 0 Å². The standard InChI is InChI=1S/C18H18FNO/c1-20(12-13-5-3-2-4-6-13)18(21)17-11-16(17)14-7-9-15(19)10-8-14/h2-10,16-17H,11-12H2,1H3. The normalized spacial score (nSPS) is 20.1. The first kappa shape index (κ1) is 13.8. The molecule has 2 aromatic carbocycles. The second kappa shape index (κ2) is 5.68. The van der Waals surface area contributed by atoms with Gasteiger partial charge in [0.2, 0.25) is 5.91 Å². The molecule has 2 nitrogen and oxygen atoms in total. The van der Waals surface area contributed by atoms with Gasteiger partial charge in [-0.2, -0.15) is 0 Å². The average Bonchev–Trinajstić information content (AvgIpc) is 3.28. The van der Waals surface area contributed by atoms with Gasteiger partial charge >= 0.3 is 0 Å². The Kier molecular flexibility index (Phi) is 3.74. The van der Waals surface area contributed by atoms with Crippen molar-refractivity contribution in [1.29, 1.82) is 0 Å². The third-order valence-electron chi connectivity index (χ3n) is 4.04. The fourth-order valence-electron chi connectivity index (χ4n) is 2.76. The van der Waals surface area contributed by atoms with Crippen molar-refractivity contribution in [2.45, 2.75) is 18.9 Å². The molecule has 2 aromatic rings. The molecule has 0 saturated heterocycles. The second-order valence-corrected chi connectivity index (χ2v) is 5.68. The SMILES string of the molecule is CN(Cc1ccccc1)C(=O)C1CC1c1ccc(F)cc1. The molecule has 0 aromatic heterocycles. The summed E-state index contributed by atoms with van der Waals surface area (Å²) in [6.45, 7) is 0.631. The quantitative estimate of drug-likeness (QED) is 0.839. The van der Waals surface area contributed by atoms with Crippen LogP contribution in [0.25, 0.3) is 0 Å². The molecule has 0 N–H and O–H groups in total. The molecule has 1 aliphatic carbocycles. The van der Waals surface area contributed by atoms with Crippen LogP contribution in [-0.4, -0.2) is 17.9 Å². The highest BCUT2D eigenvalue weighted by atomic mass is 19.1. The molecule has 0 aliphatic heterocycles. The third-order valence-corrected chi connectivity index (χ3v) is 4.04. The van der Waals surface area contributed by atoms with Crippen molar-refractivity contribution in [2.24, 2.45) is 5.92 Å². The number of rotatable bonds is 4. The van der Waals surface area contributed by atoms with E-state index in [-0.39, 0.29) is 23.6 Å². The van der Waals surface area contributed by atoms with Crippen LogP contribution in [0.5, 0.6) is 0 Å². The van der Waals surface area contributed by atoms with Gasteiger partial charge in [0.25, 0.3) is 0 Å². The molecule has 108 valence electrons. The lowest BCUT2D eigenvalue weighted by Gasteiger charge is -2.17. The number of nitrogens with zero attached hydrogens (tertiary/aromatic N) is 1. The van der Waals surface area contributed by atoms with Gasteiger partial charge in [0.1, 0.15) is 5.82 Å². The van der Waals surface area contributed by atoms with Gasteiger partial charge in [0, 0.05) is 19.5 Å². The van der Waals surface area contributed by atoms with Crippen LogP contribution in [0.4, 0.5) is 4.39 Å². The van der Waals surface area contributed by atoms with Crippen LogP contribution < -0.4 is 0 Å². The number of amides is 1. The fraction of sp³-hybridized carbons (Fsp3) is 0.278. The molecule has 0 spiro atoms. The Bertz CT molecular complexity index is 623. The monoisotopic (exact) mass is 283 g/mol. The maximum Gasteiger partial charge on any atom is 0.226 e. The summed E-state index contributed by atoms with van der Waals surface area (Å²) >= 11 is 0. The maximum atomic E-state index is 12.9. The summed E-state index contributed by atoms with van der Waals surface area (Å²) in [5.74, 6) is 0.233. The topological polar surface area (TPSA) is 20.3 Å². The summed E-state index contributed by atoms with van der Waals surface area (Å²) in [5.41, 5.74) is 2.19. The first-order valence-corrected chi connectivity index (χ1v) is 7.19. The lowest BCUT2D eigenvalue weighted by molar-refractivity contribution is -0.131. The summed E-state index contributed by atoms with van der Waals surface area (Å²) in [6, 6.07) is 16.5. The smallest absolute Gasteiger partial charge is 0.226 e. The lowest BCUT2D eigenvalue weighted by atomic mass is 10.1. The van der Waals surface area contributed by atoms with Crippen LogP contribution in [0.3, 0.4) is 0 Å². The number of halogens is 1. The van der Waals surface area contributed by atoms with Crippen molar-refractivity contribution < 1.29 is 9.18 Å². The van der Waals surface area contributed by atoms with Gasteiger partial charge in [-0.1, -0.05) is 42.5 Å². The molecule has 3 rings (SSSR count). The summed E-state index contributed by atoms with van der Waals surface area (Å²) in [5, 5.41) is 0. The molecule has 3 heteroatoms. The Labute approximate surface area is 124 Å². The van der Waals surface area contributed by atoms with E-state index in [9.17, 15) is 9.18 Å². The summed E-state index contributed by atoms with van der Waals surface area (Å²) in [7, 11) is 1.84. The molecule has 0 radical (unpaired) electrons. The predicted molar refractivity (Wildman–Crippen MR) is 80.2 cm³/mol. The minimum atomic E-state index is -0.233. The van der Waals surface area contributed by atoms with Gasteiger partial charge in [-0.3, -0.25) is 4.79 Å². The van der Waals surface area contributed by atoms with E-state index in [0.29, 0.717) is 6.54 Å². The molecule has 2 atom stereocenters. The van der Waals surface area contributed by atoms with Gasteiger partial charge in [-0.25, -0.2) is 4.39 Å². The molecular weight excluding hydrogens is 265 g/mol. The van der Waals surface area contributed by atoms with E-state index in [1.165, 1.54) is 12.1 Å². The average molecular weight is 283 g/mol. The second-order valence-electron chi connectivity index (χ2n) is 5.68. The highest BCUT2D eigenvalue weighted by Crippen LogP contribution is 2.48. The first-order valence-electron chi connectivity index (χ1n) is 7.19. The molecule has 2 unspecified atom stereocenters. The van der Waals surface area contributed by atoms with E-state index in [1.807, 2.05) is 37.4 Å². The molecule has 1 saturated carbocycles. The van der Waals surface area contributed by atoms with Crippen molar-refractivity contribution in [3.8, 4) is 0 Å². The Morgan fingerprint density at radius 2 is 1.81 bits per heavy atom. The van der Waals surface area contributed by atoms with Crippen molar-refractivity contribution in [3.63, 3.8) is 0 Å². The van der Waals surface area contributed by atoms with Gasteiger partial charge in [-0.15, -0.1) is 0 Å². The summed E-state index contributed by atoms with van der Waals surface area (Å²) in [6.07, 6.45) is 0.865. The van der Waals surface area contributed by atoms with Gasteiger partial charge in [-0.05, 0) is 35.6 Å². The number of carbonyl (C=O) groups excluding carboxylic acids is 1. The Hall–Kier alpha value is -2.16. The molecule has 1 amide bonds. The van der Waals surface area contributed by atoms with Gasteiger partial charge in [0.05, 0.1) is 0 Å². The first-order chi connectivity index (χ1) is 10.1. The van der Waals surface area contributed by atoms with Crippen molar-refractivity contribution in [2.75, 3.05) is 7.05 Å². The predicted octanol–water partition coefficient (Wildman–Crippen LogP) is 3.59. The van der Waals surface area contributed by atoms with Gasteiger partial charge < -0.3 is 4.90 Å². The maximum absolute atomic E-state index is 12.9. The summed E-state index contributed by atoms with van der Waals surface area (Å²) in [4.78, 5) is 14.2. The van der Waals surface area contributed by atoms with Crippen LogP contribution in [0.1, 0.15) is 23.5 Å². The number of hydrogen-bond donors (Lipinski definition) is 0. The highest BCUT2D eigenvalue weighted by molar-refractivity contribution is 5.82. The lowest BCUT2D eigenvalue weighted by Crippen LogP contribution is -2.28. The Morgan fingerprint density at radius 1 is 1.14 bits per heavy atom. The van der Waals surface area contributed by atoms with E-state index >= 15 is 0 Å². The van der Waals surface area contributed by atoms with E-state index in [4.69, 9.17) is 0 Å². The van der Waals surface area contributed by atoms with Crippen LogP contribution >= 0.6 is 0 Å². The fourth-order valence-corrected chi connectivity index (χ4v) is 2.76. The number of hydrogen-bond acceptors (Lipinski definition) is 1. The van der Waals surface area contributed by atoms with Crippen LogP contribution in [0, 0.1) is 11.7 Å². The van der Waals surface area contributed by atoms with E-state index in [0.717, 1.165) is 17.5 Å².